The first-order valence-corrected chi connectivity index (χ1v) is 9.29. The van der Waals surface area contributed by atoms with Crippen molar-refractivity contribution < 1.29 is 19.1 Å². The summed E-state index contributed by atoms with van der Waals surface area (Å²) in [7, 11) is 3.08. The number of nitrogens with zero attached hydrogens (tertiary/aromatic N) is 2. The van der Waals surface area contributed by atoms with Gasteiger partial charge in [0.2, 0.25) is 5.91 Å². The van der Waals surface area contributed by atoms with Gasteiger partial charge in [-0.3, -0.25) is 9.59 Å². The molecule has 1 saturated heterocycles. The highest BCUT2D eigenvalue weighted by Crippen LogP contribution is 2.28. The Kier molecular flexibility index (Phi) is 5.58. The van der Waals surface area contributed by atoms with Gasteiger partial charge in [-0.2, -0.15) is 0 Å². The van der Waals surface area contributed by atoms with Crippen molar-refractivity contribution in [2.75, 3.05) is 32.2 Å². The van der Waals surface area contributed by atoms with E-state index in [1.165, 1.54) is 14.2 Å². The van der Waals surface area contributed by atoms with Crippen molar-refractivity contribution in [1.29, 1.82) is 0 Å². The van der Waals surface area contributed by atoms with Crippen molar-refractivity contribution in [2.24, 2.45) is 0 Å². The van der Waals surface area contributed by atoms with Crippen molar-refractivity contribution in [1.82, 2.24) is 4.90 Å². The average Bonchev–Trinajstić information content (AvgIpc) is 2.71. The van der Waals surface area contributed by atoms with E-state index in [0.29, 0.717) is 30.2 Å². The molecule has 0 unspecified atom stereocenters. The van der Waals surface area contributed by atoms with Gasteiger partial charge in [0.05, 0.1) is 14.2 Å². The van der Waals surface area contributed by atoms with Crippen LogP contribution < -0.4 is 14.4 Å². The standard InChI is InChI=1S/C22H26N2O4/c1-14-7-6-8-20(15(14)2)24-10-9-23(16(3)21(24)25)22(26)17-11-18(27-4)13-19(12-17)28-5/h6-8,11-13,16H,9-10H2,1-5H3/t16-/m1/s1. The molecule has 3 rings (SSSR count). The quantitative estimate of drug-likeness (QED) is 0.815. The third-order valence-corrected chi connectivity index (χ3v) is 5.38. The molecule has 0 N–H and O–H groups in total. The molecule has 1 atom stereocenters. The topological polar surface area (TPSA) is 59.1 Å². The molecule has 1 aliphatic rings. The van der Waals surface area contributed by atoms with Gasteiger partial charge in [0, 0.05) is 30.4 Å². The number of amides is 2. The molecular formula is C22H26N2O4. The Morgan fingerprint density at radius 2 is 1.68 bits per heavy atom. The minimum Gasteiger partial charge on any atom is -0.497 e. The van der Waals surface area contributed by atoms with Gasteiger partial charge in [0.1, 0.15) is 17.5 Å². The van der Waals surface area contributed by atoms with Gasteiger partial charge < -0.3 is 19.3 Å². The number of hydrogen-bond donors (Lipinski definition) is 0. The lowest BCUT2D eigenvalue weighted by Crippen LogP contribution is -2.58. The molecule has 0 radical (unpaired) electrons. The van der Waals surface area contributed by atoms with Gasteiger partial charge in [-0.1, -0.05) is 12.1 Å². The number of anilines is 1. The first-order valence-electron chi connectivity index (χ1n) is 9.29. The minimum absolute atomic E-state index is 0.0804. The zero-order valence-corrected chi connectivity index (χ0v) is 17.0. The summed E-state index contributed by atoms with van der Waals surface area (Å²) < 4.78 is 10.5. The molecule has 28 heavy (non-hydrogen) atoms. The van der Waals surface area contributed by atoms with Crippen LogP contribution in [0.25, 0.3) is 0 Å². The summed E-state index contributed by atoms with van der Waals surface area (Å²) in [5.74, 6) is 0.785. The van der Waals surface area contributed by atoms with E-state index in [1.807, 2.05) is 32.0 Å². The summed E-state index contributed by atoms with van der Waals surface area (Å²) in [5, 5.41) is 0. The van der Waals surface area contributed by atoms with Crippen LogP contribution in [0.4, 0.5) is 5.69 Å². The van der Waals surface area contributed by atoms with E-state index < -0.39 is 6.04 Å². The number of hydrogen-bond acceptors (Lipinski definition) is 4. The molecule has 2 aromatic carbocycles. The maximum Gasteiger partial charge on any atom is 0.254 e. The molecule has 0 bridgehead atoms. The molecule has 6 nitrogen and oxygen atoms in total. The largest absolute Gasteiger partial charge is 0.497 e. The third-order valence-electron chi connectivity index (χ3n) is 5.38. The number of carbonyl (C=O) groups is 2. The number of ether oxygens (including phenoxy) is 2. The number of piperazine rings is 1. The Morgan fingerprint density at radius 3 is 2.29 bits per heavy atom. The molecule has 0 spiro atoms. The predicted octanol–water partition coefficient (Wildman–Crippen LogP) is 3.20. The summed E-state index contributed by atoms with van der Waals surface area (Å²) >= 11 is 0. The van der Waals surface area contributed by atoms with Crippen molar-refractivity contribution in [3.05, 3.63) is 53.1 Å². The highest BCUT2D eigenvalue weighted by molar-refractivity contribution is 6.04. The second-order valence-corrected chi connectivity index (χ2v) is 6.98. The number of rotatable bonds is 4. The van der Waals surface area contributed by atoms with Crippen molar-refractivity contribution in [3.8, 4) is 11.5 Å². The van der Waals surface area contributed by atoms with Gasteiger partial charge >= 0.3 is 0 Å². The van der Waals surface area contributed by atoms with Crippen LogP contribution >= 0.6 is 0 Å². The van der Waals surface area contributed by atoms with Crippen LogP contribution in [-0.2, 0) is 4.79 Å². The van der Waals surface area contributed by atoms with E-state index in [-0.39, 0.29) is 11.8 Å². The molecule has 2 aromatic rings. The Balaban J connectivity index is 1.86. The van der Waals surface area contributed by atoms with E-state index in [9.17, 15) is 9.59 Å². The smallest absolute Gasteiger partial charge is 0.254 e. The molecule has 1 fully saturated rings. The van der Waals surface area contributed by atoms with Crippen LogP contribution in [-0.4, -0.2) is 50.1 Å². The lowest BCUT2D eigenvalue weighted by Gasteiger charge is -2.39. The monoisotopic (exact) mass is 382 g/mol. The fourth-order valence-electron chi connectivity index (χ4n) is 3.51. The van der Waals surface area contributed by atoms with Crippen LogP contribution in [0.5, 0.6) is 11.5 Å². The normalized spacial score (nSPS) is 16.9. The lowest BCUT2D eigenvalue weighted by atomic mass is 10.0. The molecular weight excluding hydrogens is 356 g/mol. The van der Waals surface area contributed by atoms with E-state index in [1.54, 1.807) is 34.9 Å². The Bertz CT molecular complexity index is 887. The van der Waals surface area contributed by atoms with Crippen molar-refractivity contribution >= 4 is 17.5 Å². The van der Waals surface area contributed by atoms with Gasteiger partial charge in [0.25, 0.3) is 5.91 Å². The molecule has 148 valence electrons. The average molecular weight is 382 g/mol. The minimum atomic E-state index is -0.557. The second-order valence-electron chi connectivity index (χ2n) is 6.98. The second kappa shape index (κ2) is 7.92. The van der Waals surface area contributed by atoms with Crippen molar-refractivity contribution in [2.45, 2.75) is 26.8 Å². The third kappa shape index (κ3) is 3.54. The van der Waals surface area contributed by atoms with Crippen molar-refractivity contribution in [3.63, 3.8) is 0 Å². The summed E-state index contributed by atoms with van der Waals surface area (Å²) in [6.07, 6.45) is 0. The highest BCUT2D eigenvalue weighted by Gasteiger charge is 2.36. The van der Waals surface area contributed by atoms with Crippen LogP contribution in [0.3, 0.4) is 0 Å². The molecule has 0 aliphatic carbocycles. The summed E-state index contributed by atoms with van der Waals surface area (Å²) in [5.41, 5.74) is 3.57. The van der Waals surface area contributed by atoms with E-state index in [4.69, 9.17) is 9.47 Å². The highest BCUT2D eigenvalue weighted by atomic mass is 16.5. The van der Waals surface area contributed by atoms with Crippen LogP contribution in [0.15, 0.2) is 36.4 Å². The zero-order chi connectivity index (χ0) is 20.4. The first-order chi connectivity index (χ1) is 13.4. The fraction of sp³-hybridized carbons (Fsp3) is 0.364. The van der Waals surface area contributed by atoms with Crippen LogP contribution in [0, 0.1) is 13.8 Å². The Labute approximate surface area is 165 Å². The maximum atomic E-state index is 13.1. The number of benzene rings is 2. The number of methoxy groups -OCH3 is 2. The Morgan fingerprint density at radius 1 is 1.04 bits per heavy atom. The summed E-state index contributed by atoms with van der Waals surface area (Å²) in [6.45, 7) is 6.74. The van der Waals surface area contributed by atoms with Gasteiger partial charge in [-0.05, 0) is 50.1 Å². The SMILES string of the molecule is COc1cc(OC)cc(C(=O)N2CCN(c3cccc(C)c3C)C(=O)[C@H]2C)c1. The molecule has 0 saturated carbocycles. The maximum absolute atomic E-state index is 13.1. The number of aryl methyl sites for hydroxylation is 1. The molecule has 1 heterocycles. The molecule has 0 aromatic heterocycles. The summed E-state index contributed by atoms with van der Waals surface area (Å²) in [6, 6.07) is 10.4. The van der Waals surface area contributed by atoms with Gasteiger partial charge in [-0.25, -0.2) is 0 Å². The molecule has 6 heteroatoms. The Hall–Kier alpha value is -3.02. The number of carbonyl (C=O) groups excluding carboxylic acids is 2. The van der Waals surface area contributed by atoms with Gasteiger partial charge in [-0.15, -0.1) is 0 Å². The fourth-order valence-corrected chi connectivity index (χ4v) is 3.51. The van der Waals surface area contributed by atoms with E-state index >= 15 is 0 Å². The molecule has 2 amide bonds. The zero-order valence-electron chi connectivity index (χ0n) is 17.0. The van der Waals surface area contributed by atoms with E-state index in [2.05, 4.69) is 0 Å². The first kappa shape index (κ1) is 19.7. The summed E-state index contributed by atoms with van der Waals surface area (Å²) in [4.78, 5) is 29.6. The van der Waals surface area contributed by atoms with Crippen LogP contribution in [0.2, 0.25) is 0 Å². The lowest BCUT2D eigenvalue weighted by molar-refractivity contribution is -0.124. The van der Waals surface area contributed by atoms with Crippen LogP contribution in [0.1, 0.15) is 28.4 Å². The van der Waals surface area contributed by atoms with Gasteiger partial charge in [0.15, 0.2) is 0 Å². The molecule has 1 aliphatic heterocycles. The predicted molar refractivity (Wildman–Crippen MR) is 108 cm³/mol. The van der Waals surface area contributed by atoms with E-state index in [0.717, 1.165) is 16.8 Å².